The van der Waals surface area contributed by atoms with Gasteiger partial charge in [0, 0.05) is 6.54 Å². The Morgan fingerprint density at radius 1 is 1.00 bits per heavy atom. The van der Waals surface area contributed by atoms with Gasteiger partial charge in [0.1, 0.15) is 0 Å². The van der Waals surface area contributed by atoms with Crippen molar-refractivity contribution in [1.29, 1.82) is 0 Å². The fourth-order valence-electron chi connectivity index (χ4n) is 2.37. The molecule has 0 amide bonds. The van der Waals surface area contributed by atoms with Crippen LogP contribution in [0.1, 0.15) is 45.6 Å². The second-order valence-corrected chi connectivity index (χ2v) is 5.05. The molecule has 0 spiro atoms. The lowest BCUT2D eigenvalue weighted by Crippen LogP contribution is -2.35. The van der Waals surface area contributed by atoms with E-state index in [0.29, 0.717) is 5.41 Å². The molecule has 0 saturated heterocycles. The maximum absolute atomic E-state index is 3.60. The molecule has 0 bridgehead atoms. The molecule has 1 nitrogen and oxygen atoms in total. The Morgan fingerprint density at radius 2 is 1.65 bits per heavy atom. The average molecular weight is 233 g/mol. The molecular weight excluding hydrogens is 206 g/mol. The van der Waals surface area contributed by atoms with Crippen LogP contribution >= 0.6 is 0 Å². The lowest BCUT2D eigenvalue weighted by Gasteiger charge is -2.32. The summed E-state index contributed by atoms with van der Waals surface area (Å²) in [6, 6.07) is 10.9. The van der Waals surface area contributed by atoms with E-state index in [-0.39, 0.29) is 0 Å². The molecule has 0 heterocycles. The van der Waals surface area contributed by atoms with E-state index in [1.807, 2.05) is 0 Å². The fraction of sp³-hybridized carbons (Fsp3) is 0.625. The zero-order valence-electron chi connectivity index (χ0n) is 11.6. The Hall–Kier alpha value is -0.820. The summed E-state index contributed by atoms with van der Waals surface area (Å²) in [4.78, 5) is 0. The van der Waals surface area contributed by atoms with Crippen LogP contribution < -0.4 is 5.32 Å². The number of rotatable bonds is 8. The van der Waals surface area contributed by atoms with Crippen molar-refractivity contribution >= 4 is 0 Å². The Kier molecular flexibility index (Phi) is 6.28. The molecule has 1 heteroatoms. The lowest BCUT2D eigenvalue weighted by molar-refractivity contribution is 0.247. The summed E-state index contributed by atoms with van der Waals surface area (Å²) < 4.78 is 0. The molecule has 96 valence electrons. The maximum Gasteiger partial charge on any atom is 0.00108 e. The minimum atomic E-state index is 0.427. The van der Waals surface area contributed by atoms with Crippen molar-refractivity contribution < 1.29 is 0 Å². The number of benzene rings is 1. The van der Waals surface area contributed by atoms with Crippen LogP contribution in [0, 0.1) is 5.41 Å². The van der Waals surface area contributed by atoms with Gasteiger partial charge < -0.3 is 5.32 Å². The molecule has 0 fully saturated rings. The van der Waals surface area contributed by atoms with Gasteiger partial charge in [-0.3, -0.25) is 0 Å². The van der Waals surface area contributed by atoms with Crippen LogP contribution in [0.3, 0.4) is 0 Å². The van der Waals surface area contributed by atoms with Gasteiger partial charge in [-0.05, 0) is 43.2 Å². The van der Waals surface area contributed by atoms with E-state index in [1.165, 1.54) is 31.2 Å². The first-order valence-corrected chi connectivity index (χ1v) is 7.01. The van der Waals surface area contributed by atoms with Crippen LogP contribution in [0.5, 0.6) is 0 Å². The number of hydrogen-bond donors (Lipinski definition) is 1. The van der Waals surface area contributed by atoms with Gasteiger partial charge >= 0.3 is 0 Å². The number of nitrogens with one attached hydrogen (secondary N) is 1. The van der Waals surface area contributed by atoms with Crippen molar-refractivity contribution in [2.75, 3.05) is 13.1 Å². The van der Waals surface area contributed by atoms with E-state index in [0.717, 1.165) is 13.1 Å². The largest absolute Gasteiger partial charge is 0.316 e. The quantitative estimate of drug-likeness (QED) is 0.668. The van der Waals surface area contributed by atoms with E-state index in [2.05, 4.69) is 56.4 Å². The average Bonchev–Trinajstić information content (AvgIpc) is 2.39. The van der Waals surface area contributed by atoms with Gasteiger partial charge in [-0.1, -0.05) is 51.1 Å². The Bertz CT molecular complexity index is 288. The highest BCUT2D eigenvalue weighted by Gasteiger charge is 2.25. The summed E-state index contributed by atoms with van der Waals surface area (Å²) in [5, 5.41) is 3.60. The van der Waals surface area contributed by atoms with Crippen LogP contribution in [-0.2, 0) is 6.42 Å². The highest BCUT2D eigenvalue weighted by Crippen LogP contribution is 2.30. The van der Waals surface area contributed by atoms with Crippen LogP contribution in [0.15, 0.2) is 30.3 Å². The Morgan fingerprint density at radius 3 is 2.18 bits per heavy atom. The lowest BCUT2D eigenvalue weighted by atomic mass is 9.77. The third kappa shape index (κ3) is 4.51. The third-order valence-electron chi connectivity index (χ3n) is 3.85. The van der Waals surface area contributed by atoms with Gasteiger partial charge in [0.2, 0.25) is 0 Å². The summed E-state index contributed by atoms with van der Waals surface area (Å²) in [6.45, 7) is 9.14. The van der Waals surface area contributed by atoms with Crippen molar-refractivity contribution in [3.63, 3.8) is 0 Å². The van der Waals surface area contributed by atoms with Crippen LogP contribution in [-0.4, -0.2) is 13.1 Å². The van der Waals surface area contributed by atoms with Crippen molar-refractivity contribution in [1.82, 2.24) is 5.32 Å². The van der Waals surface area contributed by atoms with E-state index >= 15 is 0 Å². The second kappa shape index (κ2) is 7.50. The zero-order chi connectivity index (χ0) is 12.6. The number of hydrogen-bond acceptors (Lipinski definition) is 1. The first kappa shape index (κ1) is 14.2. The molecule has 0 aliphatic rings. The molecular formula is C16H27N. The molecule has 1 N–H and O–H groups in total. The zero-order valence-corrected chi connectivity index (χ0v) is 11.6. The standard InChI is InChI=1S/C16H27N/c1-4-12-17-14-16(5-2,6-3)13-15-10-8-7-9-11-15/h7-11,17H,4-6,12-14H2,1-3H3. The monoisotopic (exact) mass is 233 g/mol. The molecule has 0 aromatic heterocycles. The molecule has 0 radical (unpaired) electrons. The maximum atomic E-state index is 3.60. The predicted molar refractivity (Wildman–Crippen MR) is 76.3 cm³/mol. The van der Waals surface area contributed by atoms with Crippen LogP contribution in [0.25, 0.3) is 0 Å². The first-order chi connectivity index (χ1) is 8.26. The van der Waals surface area contributed by atoms with E-state index in [1.54, 1.807) is 0 Å². The normalized spacial score (nSPS) is 11.7. The molecule has 1 rings (SSSR count). The van der Waals surface area contributed by atoms with Gasteiger partial charge in [0.15, 0.2) is 0 Å². The van der Waals surface area contributed by atoms with Gasteiger partial charge in [-0.15, -0.1) is 0 Å². The Labute approximate surface area is 107 Å². The topological polar surface area (TPSA) is 12.0 Å². The molecule has 1 aromatic rings. The molecule has 1 aromatic carbocycles. The van der Waals surface area contributed by atoms with Crippen molar-refractivity contribution in [2.45, 2.75) is 46.5 Å². The van der Waals surface area contributed by atoms with Crippen molar-refractivity contribution in [2.24, 2.45) is 5.41 Å². The van der Waals surface area contributed by atoms with Gasteiger partial charge in [0.05, 0.1) is 0 Å². The van der Waals surface area contributed by atoms with Gasteiger partial charge in [-0.2, -0.15) is 0 Å². The smallest absolute Gasteiger partial charge is 0.00108 e. The van der Waals surface area contributed by atoms with Gasteiger partial charge in [0.25, 0.3) is 0 Å². The predicted octanol–water partition coefficient (Wildman–Crippen LogP) is 4.04. The van der Waals surface area contributed by atoms with Crippen molar-refractivity contribution in [3.8, 4) is 0 Å². The summed E-state index contributed by atoms with van der Waals surface area (Å²) in [7, 11) is 0. The first-order valence-electron chi connectivity index (χ1n) is 7.01. The fourth-order valence-corrected chi connectivity index (χ4v) is 2.37. The van der Waals surface area contributed by atoms with Gasteiger partial charge in [-0.25, -0.2) is 0 Å². The van der Waals surface area contributed by atoms with E-state index in [4.69, 9.17) is 0 Å². The minimum absolute atomic E-state index is 0.427. The highest BCUT2D eigenvalue weighted by atomic mass is 14.9. The summed E-state index contributed by atoms with van der Waals surface area (Å²) in [5.41, 5.74) is 1.89. The SMILES string of the molecule is CCCNCC(CC)(CC)Cc1ccccc1. The molecule has 17 heavy (non-hydrogen) atoms. The van der Waals surface area contributed by atoms with Crippen molar-refractivity contribution in [3.05, 3.63) is 35.9 Å². The highest BCUT2D eigenvalue weighted by molar-refractivity contribution is 5.16. The summed E-state index contributed by atoms with van der Waals surface area (Å²) in [6.07, 6.45) is 4.90. The third-order valence-corrected chi connectivity index (χ3v) is 3.85. The van der Waals surface area contributed by atoms with Crippen LogP contribution in [0.2, 0.25) is 0 Å². The Balaban J connectivity index is 2.63. The molecule has 0 saturated carbocycles. The summed E-state index contributed by atoms with van der Waals surface area (Å²) >= 11 is 0. The molecule has 0 aliphatic heterocycles. The molecule has 0 atom stereocenters. The molecule has 0 unspecified atom stereocenters. The second-order valence-electron chi connectivity index (χ2n) is 5.05. The summed E-state index contributed by atoms with van der Waals surface area (Å²) in [5.74, 6) is 0. The molecule has 0 aliphatic carbocycles. The van der Waals surface area contributed by atoms with E-state index in [9.17, 15) is 0 Å². The van der Waals surface area contributed by atoms with Crippen LogP contribution in [0.4, 0.5) is 0 Å². The van der Waals surface area contributed by atoms with E-state index < -0.39 is 0 Å². The minimum Gasteiger partial charge on any atom is -0.316 e.